The van der Waals surface area contributed by atoms with E-state index in [0.717, 1.165) is 12.3 Å². The molecular weight excluding hydrogens is 252 g/mol. The number of benzene rings is 1. The number of hydrogen-bond donors (Lipinski definition) is 1. The van der Waals surface area contributed by atoms with Gasteiger partial charge in [0.2, 0.25) is 0 Å². The van der Waals surface area contributed by atoms with E-state index in [1.807, 2.05) is 0 Å². The summed E-state index contributed by atoms with van der Waals surface area (Å²) in [6.07, 6.45) is 7.26. The fourth-order valence-electron chi connectivity index (χ4n) is 3.33. The van der Waals surface area contributed by atoms with Crippen molar-refractivity contribution in [3.63, 3.8) is 0 Å². The minimum absolute atomic E-state index is 0.245. The average Bonchev–Trinajstić information content (AvgIpc) is 2.38. The lowest BCUT2D eigenvalue weighted by atomic mass is 9.76. The van der Waals surface area contributed by atoms with Crippen molar-refractivity contribution in [2.24, 2.45) is 5.92 Å². The zero-order valence-electron chi connectivity index (χ0n) is 11.6. The highest BCUT2D eigenvalue weighted by Gasteiger charge is 2.25. The van der Waals surface area contributed by atoms with Gasteiger partial charge in [-0.2, -0.15) is 11.8 Å². The van der Waals surface area contributed by atoms with Crippen LogP contribution >= 0.6 is 11.8 Å². The number of aliphatic hydroxyl groups excluding tert-OH is 1. The minimum Gasteiger partial charge on any atom is -0.388 e. The third-order valence-electron chi connectivity index (χ3n) is 4.80. The van der Waals surface area contributed by atoms with Crippen LogP contribution in [0.2, 0.25) is 0 Å². The fourth-order valence-corrected chi connectivity index (χ4v) is 4.53. The van der Waals surface area contributed by atoms with E-state index in [1.165, 1.54) is 54.7 Å². The first kappa shape index (κ1) is 13.5. The first-order valence-electron chi connectivity index (χ1n) is 7.69. The van der Waals surface area contributed by atoms with Crippen LogP contribution in [0.4, 0.5) is 0 Å². The van der Waals surface area contributed by atoms with Crippen molar-refractivity contribution in [3.05, 3.63) is 35.4 Å². The molecule has 1 saturated heterocycles. The smallest absolute Gasteiger partial charge is 0.0795 e. The Morgan fingerprint density at radius 3 is 2.53 bits per heavy atom. The van der Waals surface area contributed by atoms with Crippen molar-refractivity contribution < 1.29 is 5.11 Å². The lowest BCUT2D eigenvalue weighted by molar-refractivity contribution is 0.139. The summed E-state index contributed by atoms with van der Waals surface area (Å²) in [7, 11) is 0. The summed E-state index contributed by atoms with van der Waals surface area (Å²) < 4.78 is 0. The molecule has 0 bridgehead atoms. The van der Waals surface area contributed by atoms with E-state index in [2.05, 4.69) is 36.0 Å². The molecule has 1 heterocycles. The lowest BCUT2D eigenvalue weighted by Gasteiger charge is -2.30. The van der Waals surface area contributed by atoms with Gasteiger partial charge in [-0.3, -0.25) is 0 Å². The number of aliphatic hydroxyl groups is 1. The topological polar surface area (TPSA) is 20.2 Å². The molecule has 0 amide bonds. The summed E-state index contributed by atoms with van der Waals surface area (Å²) in [6, 6.07) is 8.59. The Hall–Kier alpha value is -0.470. The van der Waals surface area contributed by atoms with Gasteiger partial charge in [0, 0.05) is 0 Å². The summed E-state index contributed by atoms with van der Waals surface area (Å²) in [5, 5.41) is 10.6. The van der Waals surface area contributed by atoms with E-state index in [1.54, 1.807) is 0 Å². The molecule has 1 saturated carbocycles. The molecule has 1 aliphatic carbocycles. The Morgan fingerprint density at radius 2 is 1.84 bits per heavy atom. The molecule has 0 radical (unpaired) electrons. The maximum atomic E-state index is 10.6. The molecule has 1 aliphatic heterocycles. The molecule has 19 heavy (non-hydrogen) atoms. The van der Waals surface area contributed by atoms with Crippen LogP contribution in [0.1, 0.15) is 61.7 Å². The molecule has 0 spiro atoms. The van der Waals surface area contributed by atoms with E-state index >= 15 is 0 Å². The van der Waals surface area contributed by atoms with E-state index in [-0.39, 0.29) is 6.10 Å². The largest absolute Gasteiger partial charge is 0.388 e. The number of rotatable bonds is 4. The SMILES string of the molecule is OC(CC1CCSCC1)c1ccccc1C1CCC1. The maximum absolute atomic E-state index is 10.6. The van der Waals surface area contributed by atoms with E-state index in [9.17, 15) is 5.11 Å². The normalized spacial score (nSPS) is 23.0. The van der Waals surface area contributed by atoms with Crippen molar-refractivity contribution in [1.29, 1.82) is 0 Å². The Morgan fingerprint density at radius 1 is 1.11 bits per heavy atom. The molecule has 1 aromatic carbocycles. The van der Waals surface area contributed by atoms with Gasteiger partial charge in [0.25, 0.3) is 0 Å². The van der Waals surface area contributed by atoms with Crippen LogP contribution in [0.25, 0.3) is 0 Å². The first-order valence-corrected chi connectivity index (χ1v) is 8.84. The lowest BCUT2D eigenvalue weighted by Crippen LogP contribution is -2.17. The predicted molar refractivity (Wildman–Crippen MR) is 82.7 cm³/mol. The van der Waals surface area contributed by atoms with E-state index in [4.69, 9.17) is 0 Å². The fraction of sp³-hybridized carbons (Fsp3) is 0.647. The standard InChI is InChI=1S/C17H24OS/c18-17(12-13-8-10-19-11-9-13)16-7-2-1-6-15(16)14-4-3-5-14/h1-2,6-7,13-14,17-18H,3-5,8-12H2. The van der Waals surface area contributed by atoms with Gasteiger partial charge in [0.15, 0.2) is 0 Å². The van der Waals surface area contributed by atoms with Gasteiger partial charge < -0.3 is 5.11 Å². The number of thioether (sulfide) groups is 1. The molecule has 3 rings (SSSR count). The van der Waals surface area contributed by atoms with Gasteiger partial charge in [-0.1, -0.05) is 30.7 Å². The molecule has 1 aromatic rings. The van der Waals surface area contributed by atoms with Crippen LogP contribution in [0.15, 0.2) is 24.3 Å². The number of hydrogen-bond acceptors (Lipinski definition) is 2. The van der Waals surface area contributed by atoms with Gasteiger partial charge in [0.05, 0.1) is 6.10 Å². The van der Waals surface area contributed by atoms with Gasteiger partial charge in [-0.15, -0.1) is 0 Å². The minimum atomic E-state index is -0.245. The Labute approximate surface area is 120 Å². The van der Waals surface area contributed by atoms with Crippen molar-refractivity contribution >= 4 is 11.8 Å². The predicted octanol–water partition coefficient (Wildman–Crippen LogP) is 4.52. The third kappa shape index (κ3) is 3.17. The van der Waals surface area contributed by atoms with Gasteiger partial charge >= 0.3 is 0 Å². The van der Waals surface area contributed by atoms with Gasteiger partial charge in [-0.05, 0) is 66.6 Å². The zero-order valence-corrected chi connectivity index (χ0v) is 12.4. The van der Waals surface area contributed by atoms with Gasteiger partial charge in [0.1, 0.15) is 0 Å². The van der Waals surface area contributed by atoms with Crippen LogP contribution in [-0.2, 0) is 0 Å². The van der Waals surface area contributed by atoms with Gasteiger partial charge in [-0.25, -0.2) is 0 Å². The second kappa shape index (κ2) is 6.32. The molecule has 1 N–H and O–H groups in total. The zero-order chi connectivity index (χ0) is 13.1. The molecule has 0 aromatic heterocycles. The first-order chi connectivity index (χ1) is 9.34. The van der Waals surface area contributed by atoms with Crippen LogP contribution < -0.4 is 0 Å². The van der Waals surface area contributed by atoms with Crippen molar-refractivity contribution in [1.82, 2.24) is 0 Å². The molecule has 2 aliphatic rings. The monoisotopic (exact) mass is 276 g/mol. The van der Waals surface area contributed by atoms with Crippen LogP contribution in [0, 0.1) is 5.92 Å². The van der Waals surface area contributed by atoms with E-state index in [0.29, 0.717) is 5.92 Å². The molecule has 2 fully saturated rings. The van der Waals surface area contributed by atoms with Crippen LogP contribution in [-0.4, -0.2) is 16.6 Å². The molecule has 104 valence electrons. The van der Waals surface area contributed by atoms with Crippen molar-refractivity contribution in [2.75, 3.05) is 11.5 Å². The summed E-state index contributed by atoms with van der Waals surface area (Å²) in [5.74, 6) is 4.00. The van der Waals surface area contributed by atoms with Crippen molar-refractivity contribution in [2.45, 2.75) is 50.5 Å². The summed E-state index contributed by atoms with van der Waals surface area (Å²) in [6.45, 7) is 0. The second-order valence-electron chi connectivity index (χ2n) is 6.06. The molecule has 1 nitrogen and oxygen atoms in total. The quantitative estimate of drug-likeness (QED) is 0.872. The van der Waals surface area contributed by atoms with E-state index < -0.39 is 0 Å². The molecular formula is C17H24OS. The molecule has 1 atom stereocenters. The summed E-state index contributed by atoms with van der Waals surface area (Å²) in [5.41, 5.74) is 2.64. The van der Waals surface area contributed by atoms with Crippen LogP contribution in [0.3, 0.4) is 0 Å². The highest BCUT2D eigenvalue weighted by Crippen LogP contribution is 2.41. The molecule has 2 heteroatoms. The summed E-state index contributed by atoms with van der Waals surface area (Å²) >= 11 is 2.06. The Kier molecular flexibility index (Phi) is 4.49. The highest BCUT2D eigenvalue weighted by atomic mass is 32.2. The maximum Gasteiger partial charge on any atom is 0.0795 e. The van der Waals surface area contributed by atoms with Crippen LogP contribution in [0.5, 0.6) is 0 Å². The Bertz CT molecular complexity index is 407. The summed E-state index contributed by atoms with van der Waals surface area (Å²) in [4.78, 5) is 0. The molecule has 1 unspecified atom stereocenters. The Balaban J connectivity index is 1.69. The highest BCUT2D eigenvalue weighted by molar-refractivity contribution is 7.99. The average molecular weight is 276 g/mol. The second-order valence-corrected chi connectivity index (χ2v) is 7.29. The van der Waals surface area contributed by atoms with Crippen molar-refractivity contribution in [3.8, 4) is 0 Å². The third-order valence-corrected chi connectivity index (χ3v) is 5.85.